The second kappa shape index (κ2) is 9.83. The van der Waals surface area contributed by atoms with Gasteiger partial charge in [-0.2, -0.15) is 26.3 Å². The van der Waals surface area contributed by atoms with Gasteiger partial charge in [-0.1, -0.05) is 58.2 Å². The van der Waals surface area contributed by atoms with E-state index in [9.17, 15) is 31.1 Å². The van der Waals surface area contributed by atoms with Gasteiger partial charge in [0.2, 0.25) is 5.91 Å². The number of nitrogens with zero attached hydrogens (tertiary/aromatic N) is 1. The van der Waals surface area contributed by atoms with Crippen LogP contribution in [0.2, 0.25) is 15.1 Å². The fourth-order valence-electron chi connectivity index (χ4n) is 3.41. The summed E-state index contributed by atoms with van der Waals surface area (Å²) >= 11 is 17.9. The van der Waals surface area contributed by atoms with Crippen LogP contribution < -0.4 is 5.32 Å². The zero-order chi connectivity index (χ0) is 25.3. The maximum Gasteiger partial charge on any atom is 0.435 e. The maximum absolute atomic E-state index is 14.3. The van der Waals surface area contributed by atoms with Crippen LogP contribution in [0.5, 0.6) is 0 Å². The van der Waals surface area contributed by atoms with Crippen LogP contribution in [0.4, 0.5) is 26.3 Å². The van der Waals surface area contributed by atoms with Gasteiger partial charge in [0.05, 0.1) is 18.2 Å². The van der Waals surface area contributed by atoms with Crippen LogP contribution in [0.15, 0.2) is 47.6 Å². The molecule has 1 aliphatic rings. The quantitative estimate of drug-likeness (QED) is 0.384. The minimum absolute atomic E-state index is 0.0571. The first-order chi connectivity index (χ1) is 15.7. The second-order valence-corrected chi connectivity index (χ2v) is 8.75. The van der Waals surface area contributed by atoms with E-state index in [0.29, 0.717) is 0 Å². The van der Waals surface area contributed by atoms with E-state index in [2.05, 4.69) is 10.5 Å². The molecule has 1 aliphatic heterocycles. The van der Waals surface area contributed by atoms with E-state index in [4.69, 9.17) is 39.6 Å². The van der Waals surface area contributed by atoms with Crippen molar-refractivity contribution in [2.45, 2.75) is 43.3 Å². The van der Waals surface area contributed by atoms with Crippen molar-refractivity contribution in [3.05, 3.63) is 68.7 Å². The van der Waals surface area contributed by atoms with Gasteiger partial charge in [0.15, 0.2) is 0 Å². The van der Waals surface area contributed by atoms with Gasteiger partial charge in [0.1, 0.15) is 0 Å². The molecular weight excluding hydrogens is 533 g/mol. The number of nitrogens with one attached hydrogen (secondary N) is 1. The highest BCUT2D eigenvalue weighted by Gasteiger charge is 2.63. The molecule has 13 heteroatoms. The Morgan fingerprint density at radius 1 is 1.06 bits per heavy atom. The van der Waals surface area contributed by atoms with Gasteiger partial charge in [-0.25, -0.2) is 0 Å². The van der Waals surface area contributed by atoms with Crippen molar-refractivity contribution in [1.82, 2.24) is 5.32 Å². The highest BCUT2D eigenvalue weighted by molar-refractivity contribution is 6.34. The van der Waals surface area contributed by atoms with Crippen molar-refractivity contribution in [3.63, 3.8) is 0 Å². The number of halogens is 9. The molecule has 1 amide bonds. The van der Waals surface area contributed by atoms with Crippen LogP contribution in [0, 0.1) is 0 Å². The topological polar surface area (TPSA) is 50.7 Å². The van der Waals surface area contributed by atoms with Crippen molar-refractivity contribution in [3.8, 4) is 0 Å². The van der Waals surface area contributed by atoms with E-state index in [-0.39, 0.29) is 26.3 Å². The van der Waals surface area contributed by atoms with Crippen molar-refractivity contribution in [1.29, 1.82) is 0 Å². The molecule has 0 bridgehead atoms. The van der Waals surface area contributed by atoms with Crippen LogP contribution in [-0.4, -0.2) is 24.0 Å². The number of alkyl halides is 6. The third-order valence-corrected chi connectivity index (χ3v) is 5.81. The predicted molar refractivity (Wildman–Crippen MR) is 115 cm³/mol. The molecule has 2 unspecified atom stereocenters. The molecule has 184 valence electrons. The second-order valence-electron chi connectivity index (χ2n) is 7.47. The fraction of sp³-hybridized carbons (Fsp3) is 0.333. The molecule has 0 saturated heterocycles. The van der Waals surface area contributed by atoms with Gasteiger partial charge in [0.25, 0.3) is 5.60 Å². The van der Waals surface area contributed by atoms with Gasteiger partial charge in [-0.05, 0) is 29.8 Å². The summed E-state index contributed by atoms with van der Waals surface area (Å²) in [5, 5.41) is 5.79. The van der Waals surface area contributed by atoms with Crippen LogP contribution in [0.25, 0.3) is 0 Å². The number of oxime groups is 1. The SMILES string of the molecule is O=C(CCC(F)(F)F)NC(C1=NOC(c2cc(Cl)cc(Cl)c2)(C(F)(F)F)C1)c1ccccc1Cl. The zero-order valence-corrected chi connectivity index (χ0v) is 19.2. The number of hydrogen-bond donors (Lipinski definition) is 1. The van der Waals surface area contributed by atoms with Crippen molar-refractivity contribution >= 4 is 46.4 Å². The predicted octanol–water partition coefficient (Wildman–Crippen LogP) is 7.38. The van der Waals surface area contributed by atoms with Crippen LogP contribution in [0.3, 0.4) is 0 Å². The number of hydrogen-bond acceptors (Lipinski definition) is 3. The summed E-state index contributed by atoms with van der Waals surface area (Å²) in [6, 6.07) is 7.75. The molecule has 2 aromatic rings. The van der Waals surface area contributed by atoms with Gasteiger partial charge in [-0.3, -0.25) is 4.79 Å². The van der Waals surface area contributed by atoms with Crippen molar-refractivity contribution in [2.75, 3.05) is 0 Å². The van der Waals surface area contributed by atoms with Gasteiger partial charge >= 0.3 is 12.4 Å². The molecule has 3 rings (SSSR count). The first-order valence-corrected chi connectivity index (χ1v) is 10.7. The molecule has 34 heavy (non-hydrogen) atoms. The zero-order valence-electron chi connectivity index (χ0n) is 16.9. The molecule has 1 heterocycles. The summed E-state index contributed by atoms with van der Waals surface area (Å²) in [4.78, 5) is 17.2. The first kappa shape index (κ1) is 26.4. The van der Waals surface area contributed by atoms with E-state index < -0.39 is 54.7 Å². The smallest absolute Gasteiger partial charge is 0.374 e. The number of carbonyl (C=O) groups is 1. The monoisotopic (exact) mass is 546 g/mol. The Balaban J connectivity index is 1.98. The Morgan fingerprint density at radius 2 is 1.68 bits per heavy atom. The minimum Gasteiger partial charge on any atom is -0.374 e. The number of carbonyl (C=O) groups excluding carboxylic acids is 1. The lowest BCUT2D eigenvalue weighted by Gasteiger charge is -2.30. The number of amides is 1. The Hall–Kier alpha value is -2.17. The molecule has 0 aliphatic carbocycles. The molecule has 4 nitrogen and oxygen atoms in total. The lowest BCUT2D eigenvalue weighted by atomic mass is 9.85. The molecule has 0 aromatic heterocycles. The summed E-state index contributed by atoms with van der Waals surface area (Å²) < 4.78 is 80.4. The molecule has 2 atom stereocenters. The largest absolute Gasteiger partial charge is 0.435 e. The molecule has 2 aromatic carbocycles. The van der Waals surface area contributed by atoms with E-state index in [1.54, 1.807) is 0 Å². The van der Waals surface area contributed by atoms with Crippen LogP contribution >= 0.6 is 34.8 Å². The minimum atomic E-state index is -5.00. The van der Waals surface area contributed by atoms with E-state index >= 15 is 0 Å². The normalized spacial score (nSPS) is 19.4. The Bertz CT molecular complexity index is 1090. The van der Waals surface area contributed by atoms with E-state index in [1.807, 2.05) is 0 Å². The summed E-state index contributed by atoms with van der Waals surface area (Å²) in [7, 11) is 0. The number of benzene rings is 2. The number of rotatable bonds is 6. The van der Waals surface area contributed by atoms with Gasteiger partial charge in [-0.15, -0.1) is 0 Å². The summed E-state index contributed by atoms with van der Waals surface area (Å²) in [6.07, 6.45) is -12.8. The Morgan fingerprint density at radius 3 is 2.24 bits per heavy atom. The van der Waals surface area contributed by atoms with Crippen molar-refractivity contribution < 1.29 is 36.0 Å². The molecule has 1 N–H and O–H groups in total. The Labute approximate surface area is 204 Å². The fourth-order valence-corrected chi connectivity index (χ4v) is 4.18. The molecular formula is C21H15Cl3F6N2O2. The third kappa shape index (κ3) is 5.90. The van der Waals surface area contributed by atoms with Crippen LogP contribution in [0.1, 0.15) is 36.4 Å². The molecule has 0 saturated carbocycles. The third-order valence-electron chi connectivity index (χ3n) is 5.03. The van der Waals surface area contributed by atoms with Crippen molar-refractivity contribution in [2.24, 2.45) is 5.16 Å². The highest BCUT2D eigenvalue weighted by atomic mass is 35.5. The van der Waals surface area contributed by atoms with Gasteiger partial charge < -0.3 is 10.2 Å². The van der Waals surface area contributed by atoms with Crippen LogP contribution in [-0.2, 0) is 15.2 Å². The van der Waals surface area contributed by atoms with E-state index in [1.165, 1.54) is 30.3 Å². The molecule has 0 radical (unpaired) electrons. The summed E-state index contributed by atoms with van der Waals surface area (Å²) in [5.41, 5.74) is -3.60. The van der Waals surface area contributed by atoms with Gasteiger partial charge in [0, 0.05) is 33.5 Å². The average molecular weight is 548 g/mol. The summed E-state index contributed by atoms with van der Waals surface area (Å²) in [6.45, 7) is 0. The highest BCUT2D eigenvalue weighted by Crippen LogP contribution is 2.50. The van der Waals surface area contributed by atoms with E-state index in [0.717, 1.165) is 12.1 Å². The standard InChI is InChI=1S/C21H15Cl3F6N2O2/c22-12-7-11(8-13(23)9-12)19(21(28,29)30)10-16(32-34-19)18(14-3-1-2-4-15(14)24)31-17(33)5-6-20(25,26)27/h1-4,7-9,18H,5-6,10H2,(H,31,33). The molecule has 0 spiro atoms. The maximum atomic E-state index is 14.3. The average Bonchev–Trinajstić information content (AvgIpc) is 3.17. The molecule has 0 fully saturated rings. The lowest BCUT2D eigenvalue weighted by molar-refractivity contribution is -0.275. The summed E-state index contributed by atoms with van der Waals surface area (Å²) in [5.74, 6) is -1.06. The Kier molecular flexibility index (Phi) is 7.64. The first-order valence-electron chi connectivity index (χ1n) is 9.60. The lowest BCUT2D eigenvalue weighted by Crippen LogP contribution is -2.44.